The third kappa shape index (κ3) is 4.57. The highest BCUT2D eigenvalue weighted by Gasteiger charge is 2.09. The smallest absolute Gasteiger partial charge is 0.189 e. The van der Waals surface area contributed by atoms with Crippen LogP contribution in [0, 0.1) is 11.8 Å². The van der Waals surface area contributed by atoms with E-state index in [1.807, 2.05) is 18.2 Å². The van der Waals surface area contributed by atoms with E-state index >= 15 is 0 Å². The van der Waals surface area contributed by atoms with Gasteiger partial charge in [-0.2, -0.15) is 0 Å². The van der Waals surface area contributed by atoms with Crippen LogP contribution in [0.5, 0.6) is 0 Å². The van der Waals surface area contributed by atoms with Crippen LogP contribution in [0.25, 0.3) is 0 Å². The molecule has 0 heterocycles. The molecule has 0 spiro atoms. The lowest BCUT2D eigenvalue weighted by Crippen LogP contribution is -2.10. The molecule has 0 radical (unpaired) electrons. The summed E-state index contributed by atoms with van der Waals surface area (Å²) >= 11 is 0. The lowest BCUT2D eigenvalue weighted by Gasteiger charge is -2.03. The van der Waals surface area contributed by atoms with E-state index in [-0.39, 0.29) is 12.4 Å². The van der Waals surface area contributed by atoms with Crippen LogP contribution < -0.4 is 0 Å². The Hall–Kier alpha value is -1.85. The number of unbranched alkanes of at least 4 members (excludes halogenated alkanes) is 1. The molecule has 1 aromatic rings. The van der Waals surface area contributed by atoms with Crippen molar-refractivity contribution in [2.24, 2.45) is 0 Å². The number of carbonyl (C=O) groups is 1. The molecule has 0 fully saturated rings. The van der Waals surface area contributed by atoms with E-state index in [0.717, 1.165) is 18.4 Å². The number of ketones is 1. The van der Waals surface area contributed by atoms with Gasteiger partial charge in [-0.05, 0) is 12.5 Å². The molecule has 2 heteroatoms. The highest BCUT2D eigenvalue weighted by Crippen LogP contribution is 2.08. The number of benzene rings is 1. The molecule has 0 aliphatic heterocycles. The first-order valence-electron chi connectivity index (χ1n) is 6.09. The standard InChI is InChI=1S/C16H18O2/c1-3-5-6-9-14-10-7-8-11-15(14)16(17)13-18-12-4-2/h4,7-8,10-11H,2-3,5,12-13H2,1H3. The van der Waals surface area contributed by atoms with Crippen molar-refractivity contribution in [3.05, 3.63) is 48.0 Å². The lowest BCUT2D eigenvalue weighted by atomic mass is 10.0. The van der Waals surface area contributed by atoms with Gasteiger partial charge in [-0.15, -0.1) is 6.58 Å². The van der Waals surface area contributed by atoms with Crippen molar-refractivity contribution < 1.29 is 9.53 Å². The molecular formula is C16H18O2. The van der Waals surface area contributed by atoms with Gasteiger partial charge in [0.15, 0.2) is 5.78 Å². The average molecular weight is 242 g/mol. The second-order valence-electron chi connectivity index (χ2n) is 3.82. The van der Waals surface area contributed by atoms with E-state index < -0.39 is 0 Å². The van der Waals surface area contributed by atoms with E-state index in [2.05, 4.69) is 25.3 Å². The van der Waals surface area contributed by atoms with Gasteiger partial charge in [0, 0.05) is 17.5 Å². The highest BCUT2D eigenvalue weighted by atomic mass is 16.5. The third-order valence-electron chi connectivity index (χ3n) is 2.29. The van der Waals surface area contributed by atoms with Crippen LogP contribution in [-0.4, -0.2) is 19.0 Å². The number of carbonyl (C=O) groups excluding carboxylic acids is 1. The van der Waals surface area contributed by atoms with Crippen LogP contribution in [0.3, 0.4) is 0 Å². The highest BCUT2D eigenvalue weighted by molar-refractivity contribution is 5.99. The second-order valence-corrected chi connectivity index (χ2v) is 3.82. The second kappa shape index (κ2) is 8.27. The molecule has 1 rings (SSSR count). The normalized spacial score (nSPS) is 9.39. The van der Waals surface area contributed by atoms with Crippen molar-refractivity contribution in [2.45, 2.75) is 19.8 Å². The fourth-order valence-corrected chi connectivity index (χ4v) is 1.43. The first kappa shape index (κ1) is 14.2. The molecular weight excluding hydrogens is 224 g/mol. The summed E-state index contributed by atoms with van der Waals surface area (Å²) in [6, 6.07) is 7.38. The van der Waals surface area contributed by atoms with Gasteiger partial charge >= 0.3 is 0 Å². The quantitative estimate of drug-likeness (QED) is 0.331. The molecule has 0 saturated carbocycles. The Bertz CT molecular complexity index is 463. The molecule has 18 heavy (non-hydrogen) atoms. The maximum absolute atomic E-state index is 11.9. The fourth-order valence-electron chi connectivity index (χ4n) is 1.43. The van der Waals surface area contributed by atoms with Crippen molar-refractivity contribution in [3.8, 4) is 11.8 Å². The summed E-state index contributed by atoms with van der Waals surface area (Å²) < 4.78 is 5.16. The Morgan fingerprint density at radius 3 is 2.94 bits per heavy atom. The van der Waals surface area contributed by atoms with Crippen LogP contribution in [0.2, 0.25) is 0 Å². The van der Waals surface area contributed by atoms with Crippen LogP contribution >= 0.6 is 0 Å². The topological polar surface area (TPSA) is 26.3 Å². The predicted octanol–water partition coefficient (Wildman–Crippen LogP) is 3.22. The third-order valence-corrected chi connectivity index (χ3v) is 2.29. The summed E-state index contributed by atoms with van der Waals surface area (Å²) in [7, 11) is 0. The number of hydrogen-bond acceptors (Lipinski definition) is 2. The molecule has 0 amide bonds. The molecule has 0 saturated heterocycles. The molecule has 94 valence electrons. The minimum absolute atomic E-state index is 0.0433. The van der Waals surface area contributed by atoms with E-state index in [1.54, 1.807) is 12.1 Å². The minimum Gasteiger partial charge on any atom is -0.369 e. The molecule has 0 unspecified atom stereocenters. The molecule has 0 aliphatic carbocycles. The van der Waals surface area contributed by atoms with E-state index in [4.69, 9.17) is 4.74 Å². The molecule has 0 aliphatic rings. The fraction of sp³-hybridized carbons (Fsp3) is 0.312. The van der Waals surface area contributed by atoms with Gasteiger partial charge in [0.25, 0.3) is 0 Å². The summed E-state index contributed by atoms with van der Waals surface area (Å²) in [6.07, 6.45) is 3.49. The maximum Gasteiger partial charge on any atom is 0.189 e. The van der Waals surface area contributed by atoms with E-state index in [1.165, 1.54) is 0 Å². The number of ether oxygens (including phenoxy) is 1. The van der Waals surface area contributed by atoms with Gasteiger partial charge in [-0.25, -0.2) is 0 Å². The Labute approximate surface area is 109 Å². The summed E-state index contributed by atoms with van der Waals surface area (Å²) in [5.74, 6) is 6.05. The zero-order chi connectivity index (χ0) is 13.2. The predicted molar refractivity (Wildman–Crippen MR) is 73.6 cm³/mol. The van der Waals surface area contributed by atoms with Crippen LogP contribution in [0.15, 0.2) is 36.9 Å². The largest absolute Gasteiger partial charge is 0.369 e. The summed E-state index contributed by atoms with van der Waals surface area (Å²) in [6.45, 7) is 6.07. The number of Topliss-reactive ketones (excluding diaryl/α,β-unsaturated/α-hetero) is 1. The zero-order valence-electron chi connectivity index (χ0n) is 10.7. The zero-order valence-corrected chi connectivity index (χ0v) is 10.7. The maximum atomic E-state index is 11.9. The Morgan fingerprint density at radius 2 is 2.22 bits per heavy atom. The van der Waals surface area contributed by atoms with Crippen molar-refractivity contribution in [1.29, 1.82) is 0 Å². The summed E-state index contributed by atoms with van der Waals surface area (Å²) in [5.41, 5.74) is 1.41. The minimum atomic E-state index is -0.0433. The molecule has 0 bridgehead atoms. The summed E-state index contributed by atoms with van der Waals surface area (Å²) in [5, 5.41) is 0. The number of hydrogen-bond donors (Lipinski definition) is 0. The molecule has 1 aromatic carbocycles. The van der Waals surface area contributed by atoms with Crippen molar-refractivity contribution in [3.63, 3.8) is 0 Å². The van der Waals surface area contributed by atoms with Gasteiger partial charge in [-0.3, -0.25) is 4.79 Å². The Balaban J connectivity index is 2.78. The average Bonchev–Trinajstić information content (AvgIpc) is 2.40. The van der Waals surface area contributed by atoms with Gasteiger partial charge in [0.2, 0.25) is 0 Å². The SMILES string of the molecule is C=CCOCC(=O)c1ccccc1C#CCCC. The van der Waals surface area contributed by atoms with Crippen LogP contribution in [-0.2, 0) is 4.74 Å². The van der Waals surface area contributed by atoms with Crippen LogP contribution in [0.1, 0.15) is 35.7 Å². The molecule has 0 aromatic heterocycles. The van der Waals surface area contributed by atoms with Gasteiger partial charge in [0.1, 0.15) is 6.61 Å². The van der Waals surface area contributed by atoms with E-state index in [9.17, 15) is 4.79 Å². The monoisotopic (exact) mass is 242 g/mol. The van der Waals surface area contributed by atoms with Crippen molar-refractivity contribution >= 4 is 5.78 Å². The van der Waals surface area contributed by atoms with Crippen LogP contribution in [0.4, 0.5) is 0 Å². The molecule has 2 nitrogen and oxygen atoms in total. The first-order chi connectivity index (χ1) is 8.79. The lowest BCUT2D eigenvalue weighted by molar-refractivity contribution is 0.0806. The molecule has 0 atom stereocenters. The Kier molecular flexibility index (Phi) is 6.53. The van der Waals surface area contributed by atoms with Gasteiger partial charge in [-0.1, -0.05) is 43.0 Å². The Morgan fingerprint density at radius 1 is 1.44 bits per heavy atom. The van der Waals surface area contributed by atoms with Crippen molar-refractivity contribution in [1.82, 2.24) is 0 Å². The van der Waals surface area contributed by atoms with Gasteiger partial charge < -0.3 is 4.74 Å². The summed E-state index contributed by atoms with van der Waals surface area (Å²) in [4.78, 5) is 11.9. The van der Waals surface area contributed by atoms with E-state index in [0.29, 0.717) is 12.2 Å². The molecule has 0 N–H and O–H groups in total. The van der Waals surface area contributed by atoms with Crippen molar-refractivity contribution in [2.75, 3.05) is 13.2 Å². The number of rotatable bonds is 6. The first-order valence-corrected chi connectivity index (χ1v) is 6.09. The van der Waals surface area contributed by atoms with Gasteiger partial charge in [0.05, 0.1) is 6.61 Å².